The van der Waals surface area contributed by atoms with Crippen LogP contribution in [-0.4, -0.2) is 46.4 Å². The highest BCUT2D eigenvalue weighted by atomic mass is 35.5. The molecule has 0 spiro atoms. The van der Waals surface area contributed by atoms with Gasteiger partial charge in [0.2, 0.25) is 10.0 Å². The molecule has 2 heterocycles. The molecule has 5 rings (SSSR count). The molecule has 2 aliphatic heterocycles. The highest BCUT2D eigenvalue weighted by molar-refractivity contribution is 7.92. The van der Waals surface area contributed by atoms with Crippen molar-refractivity contribution in [1.29, 1.82) is 0 Å². The third kappa shape index (κ3) is 3.66. The van der Waals surface area contributed by atoms with Gasteiger partial charge in [0.25, 0.3) is 0 Å². The Morgan fingerprint density at radius 1 is 0.969 bits per heavy atom. The van der Waals surface area contributed by atoms with Crippen LogP contribution in [0.3, 0.4) is 0 Å². The molecule has 1 atom stereocenters. The van der Waals surface area contributed by atoms with E-state index in [1.165, 1.54) is 30.4 Å². The molecule has 1 fully saturated rings. The largest absolute Gasteiger partial charge is 0.493 e. The molecule has 0 aliphatic carbocycles. The van der Waals surface area contributed by atoms with Crippen molar-refractivity contribution >= 4 is 48.9 Å². The number of hydrogen-bond donors (Lipinski definition) is 1. The van der Waals surface area contributed by atoms with Gasteiger partial charge >= 0.3 is 0 Å². The minimum Gasteiger partial charge on any atom is -0.493 e. The summed E-state index contributed by atoms with van der Waals surface area (Å²) in [5, 5.41) is 4.54. The molecule has 32 heavy (non-hydrogen) atoms. The molecule has 2 aliphatic rings. The summed E-state index contributed by atoms with van der Waals surface area (Å²) in [5.41, 5.74) is 2.98. The lowest BCUT2D eigenvalue weighted by atomic mass is 9.82. The highest BCUT2D eigenvalue weighted by Crippen LogP contribution is 2.45. The molecular formula is C24H27ClN2O4S. The van der Waals surface area contributed by atoms with E-state index in [9.17, 15) is 8.42 Å². The Kier molecular flexibility index (Phi) is 5.39. The Morgan fingerprint density at radius 2 is 1.62 bits per heavy atom. The topological polar surface area (TPSA) is 67.9 Å². The van der Waals surface area contributed by atoms with E-state index in [2.05, 4.69) is 15.7 Å². The molecule has 170 valence electrons. The van der Waals surface area contributed by atoms with Crippen LogP contribution in [0.2, 0.25) is 5.02 Å². The third-order valence-corrected chi connectivity index (χ3v) is 7.68. The van der Waals surface area contributed by atoms with Crippen LogP contribution in [-0.2, 0) is 23.0 Å². The fourth-order valence-electron chi connectivity index (χ4n) is 5.35. The van der Waals surface area contributed by atoms with E-state index in [1.54, 1.807) is 14.2 Å². The van der Waals surface area contributed by atoms with Gasteiger partial charge in [-0.25, -0.2) is 8.42 Å². The molecular weight excluding hydrogens is 448 g/mol. The van der Waals surface area contributed by atoms with Crippen molar-refractivity contribution in [1.82, 2.24) is 4.90 Å². The molecule has 8 heteroatoms. The lowest BCUT2D eigenvalue weighted by Gasteiger charge is -2.41. The van der Waals surface area contributed by atoms with Gasteiger partial charge in [-0.05, 0) is 82.7 Å². The second-order valence-electron chi connectivity index (χ2n) is 8.79. The number of rotatable bonds is 4. The average Bonchev–Trinajstić information content (AvgIpc) is 2.77. The minimum atomic E-state index is -3.47. The number of nitrogens with zero attached hydrogens (tertiary/aromatic N) is 1. The van der Waals surface area contributed by atoms with Crippen molar-refractivity contribution in [2.45, 2.75) is 38.3 Å². The first-order chi connectivity index (χ1) is 15.3. The van der Waals surface area contributed by atoms with Crippen LogP contribution >= 0.6 is 11.6 Å². The predicted molar refractivity (Wildman–Crippen MR) is 130 cm³/mol. The Morgan fingerprint density at radius 3 is 2.31 bits per heavy atom. The van der Waals surface area contributed by atoms with Gasteiger partial charge in [-0.2, -0.15) is 0 Å². The summed E-state index contributed by atoms with van der Waals surface area (Å²) in [7, 11) is -0.196. The van der Waals surface area contributed by atoms with Gasteiger partial charge in [-0.3, -0.25) is 9.62 Å². The molecule has 3 aromatic rings. The zero-order valence-corrected chi connectivity index (χ0v) is 20.1. The molecule has 0 saturated carbocycles. The molecule has 0 radical (unpaired) electrons. The number of anilines is 1. The highest BCUT2D eigenvalue weighted by Gasteiger charge is 2.31. The predicted octanol–water partition coefficient (Wildman–Crippen LogP) is 4.95. The molecule has 6 nitrogen and oxygen atoms in total. The maximum atomic E-state index is 11.9. The summed E-state index contributed by atoms with van der Waals surface area (Å²) in [6.07, 6.45) is 5.82. The summed E-state index contributed by atoms with van der Waals surface area (Å²) in [6, 6.07) is 8.34. The molecule has 1 unspecified atom stereocenters. The van der Waals surface area contributed by atoms with E-state index in [1.807, 2.05) is 18.2 Å². The summed E-state index contributed by atoms with van der Waals surface area (Å²) in [4.78, 5) is 2.58. The van der Waals surface area contributed by atoms with Crippen molar-refractivity contribution in [3.8, 4) is 11.5 Å². The lowest BCUT2D eigenvalue weighted by molar-refractivity contribution is 0.128. The SMILES string of the molecule is COc1cc2c3c(c4cc(Cl)c(NS(C)(=O)=O)cc4c2cc1OC)CN1CCCCC1C3. The number of benzene rings is 3. The Hall–Kier alpha value is -2.22. The van der Waals surface area contributed by atoms with Crippen LogP contribution in [0.4, 0.5) is 5.69 Å². The van der Waals surface area contributed by atoms with E-state index in [4.69, 9.17) is 21.1 Å². The lowest BCUT2D eigenvalue weighted by Crippen LogP contribution is -2.43. The van der Waals surface area contributed by atoms with Gasteiger partial charge < -0.3 is 9.47 Å². The van der Waals surface area contributed by atoms with E-state index in [0.717, 1.165) is 47.3 Å². The van der Waals surface area contributed by atoms with Crippen LogP contribution in [0.25, 0.3) is 21.5 Å². The number of fused-ring (bicyclic) bond motifs is 7. The van der Waals surface area contributed by atoms with Crippen LogP contribution in [0.5, 0.6) is 11.5 Å². The first-order valence-corrected chi connectivity index (χ1v) is 13.1. The van der Waals surface area contributed by atoms with Crippen LogP contribution in [0.1, 0.15) is 30.4 Å². The van der Waals surface area contributed by atoms with Crippen molar-refractivity contribution in [2.24, 2.45) is 0 Å². The fraction of sp³-hybridized carbons (Fsp3) is 0.417. The van der Waals surface area contributed by atoms with Gasteiger partial charge in [0.1, 0.15) is 0 Å². The van der Waals surface area contributed by atoms with E-state index >= 15 is 0 Å². The first-order valence-electron chi connectivity index (χ1n) is 10.8. The van der Waals surface area contributed by atoms with E-state index in [-0.39, 0.29) is 0 Å². The molecule has 1 N–H and O–H groups in total. The number of sulfonamides is 1. The second kappa shape index (κ2) is 7.97. The minimum absolute atomic E-state index is 0.379. The summed E-state index contributed by atoms with van der Waals surface area (Å²) in [5.74, 6) is 1.33. The Labute approximate surface area is 193 Å². The smallest absolute Gasteiger partial charge is 0.229 e. The van der Waals surface area contributed by atoms with Crippen molar-refractivity contribution in [2.75, 3.05) is 31.7 Å². The molecule has 0 aromatic heterocycles. The van der Waals surface area contributed by atoms with Gasteiger partial charge in [-0.1, -0.05) is 18.0 Å². The van der Waals surface area contributed by atoms with Crippen molar-refractivity contribution in [3.05, 3.63) is 40.4 Å². The van der Waals surface area contributed by atoms with Crippen molar-refractivity contribution in [3.63, 3.8) is 0 Å². The second-order valence-corrected chi connectivity index (χ2v) is 10.9. The molecule has 0 bridgehead atoms. The third-order valence-electron chi connectivity index (χ3n) is 6.78. The number of hydrogen-bond acceptors (Lipinski definition) is 5. The van der Waals surface area contributed by atoms with E-state index in [0.29, 0.717) is 28.3 Å². The number of nitrogens with one attached hydrogen (secondary N) is 1. The monoisotopic (exact) mass is 474 g/mol. The maximum absolute atomic E-state index is 11.9. The summed E-state index contributed by atoms with van der Waals surface area (Å²) < 4.78 is 37.6. The molecule has 0 amide bonds. The number of piperidine rings is 1. The zero-order valence-electron chi connectivity index (χ0n) is 18.5. The van der Waals surface area contributed by atoms with Crippen LogP contribution in [0.15, 0.2) is 24.3 Å². The quantitative estimate of drug-likeness (QED) is 0.542. The van der Waals surface area contributed by atoms with E-state index < -0.39 is 10.0 Å². The zero-order chi connectivity index (χ0) is 22.6. The number of halogens is 1. The maximum Gasteiger partial charge on any atom is 0.229 e. The normalized spacial score (nSPS) is 18.9. The van der Waals surface area contributed by atoms with Gasteiger partial charge in [0.15, 0.2) is 11.5 Å². The summed E-state index contributed by atoms with van der Waals surface area (Å²) >= 11 is 6.56. The summed E-state index contributed by atoms with van der Waals surface area (Å²) in [6.45, 7) is 1.98. The van der Waals surface area contributed by atoms with Crippen LogP contribution in [0, 0.1) is 0 Å². The number of methoxy groups -OCH3 is 2. The Bertz CT molecular complexity index is 1340. The van der Waals surface area contributed by atoms with Gasteiger partial charge in [-0.15, -0.1) is 0 Å². The standard InChI is InChI=1S/C24H27ClN2O4S/c1-30-23-11-18-15-8-14-6-4-5-7-27(14)13-20(15)16-9-21(25)22(26-32(3,28)29)10-17(16)19(18)12-24(23)31-2/h9-12,14,26H,4-8,13H2,1-3H3. The molecule has 1 saturated heterocycles. The average molecular weight is 475 g/mol. The fourth-order valence-corrected chi connectivity index (χ4v) is 6.19. The van der Waals surface area contributed by atoms with Crippen LogP contribution < -0.4 is 14.2 Å². The van der Waals surface area contributed by atoms with Crippen molar-refractivity contribution < 1.29 is 17.9 Å². The number of ether oxygens (including phenoxy) is 2. The Balaban J connectivity index is 1.85. The van der Waals surface area contributed by atoms with Gasteiger partial charge in [0.05, 0.1) is 31.2 Å². The first kappa shape index (κ1) is 21.6. The molecule has 3 aromatic carbocycles. The van der Waals surface area contributed by atoms with Gasteiger partial charge in [0, 0.05) is 12.6 Å².